The van der Waals surface area contributed by atoms with E-state index in [-0.39, 0.29) is 24.0 Å². The summed E-state index contributed by atoms with van der Waals surface area (Å²) >= 11 is 1.79. The zero-order chi connectivity index (χ0) is 20.7. The molecular weight excluding hydrogens is 517 g/mol. The Labute approximate surface area is 202 Å². The lowest BCUT2D eigenvalue weighted by atomic mass is 10.0. The van der Waals surface area contributed by atoms with Crippen LogP contribution in [0.2, 0.25) is 0 Å². The van der Waals surface area contributed by atoms with E-state index in [9.17, 15) is 0 Å². The number of aryl methyl sites for hydroxylation is 1. The van der Waals surface area contributed by atoms with Crippen LogP contribution >= 0.6 is 11.3 Å². The molecule has 0 amide bonds. The second-order valence-corrected chi connectivity index (χ2v) is 8.30. The van der Waals surface area contributed by atoms with Gasteiger partial charge in [0, 0.05) is 22.9 Å². The number of fused-ring (bicyclic) bond motifs is 2. The van der Waals surface area contributed by atoms with Crippen molar-refractivity contribution >= 4 is 44.3 Å². The van der Waals surface area contributed by atoms with Gasteiger partial charge in [0.2, 0.25) is 5.52 Å². The van der Waals surface area contributed by atoms with Gasteiger partial charge in [0.25, 0.3) is 5.01 Å². The highest BCUT2D eigenvalue weighted by atomic mass is 127. The number of hydrogen-bond donors (Lipinski definition) is 1. The number of amidine groups is 1. The summed E-state index contributed by atoms with van der Waals surface area (Å²) in [6.07, 6.45) is 0. The van der Waals surface area contributed by atoms with Crippen molar-refractivity contribution in [3.8, 4) is 5.75 Å². The first-order valence-electron chi connectivity index (χ1n) is 9.84. The summed E-state index contributed by atoms with van der Waals surface area (Å²) in [6, 6.07) is 24.8. The number of allylic oxidation sites excluding steroid dienone is 1. The Morgan fingerprint density at radius 1 is 1.00 bits per heavy atom. The number of halogens is 1. The van der Waals surface area contributed by atoms with Crippen molar-refractivity contribution in [3.63, 3.8) is 0 Å². The number of anilines is 1. The monoisotopic (exact) mass is 539 g/mol. The molecule has 4 nitrogen and oxygen atoms in total. The molecule has 0 saturated heterocycles. The minimum absolute atomic E-state index is 0. The van der Waals surface area contributed by atoms with Crippen LogP contribution in [0.1, 0.15) is 23.1 Å². The lowest BCUT2D eigenvalue weighted by Gasteiger charge is -2.22. The Kier molecular flexibility index (Phi) is 6.11. The molecule has 1 aromatic heterocycles. The fourth-order valence-corrected chi connectivity index (χ4v) is 4.98. The van der Waals surface area contributed by atoms with E-state index in [0.717, 1.165) is 39.7 Å². The van der Waals surface area contributed by atoms with Crippen molar-refractivity contribution in [2.24, 2.45) is 12.0 Å². The minimum atomic E-state index is 0. The molecule has 1 N–H and O–H groups in total. The lowest BCUT2D eigenvalue weighted by Crippen LogP contribution is -3.00. The second-order valence-electron chi connectivity index (χ2n) is 7.27. The molecule has 5 rings (SSSR count). The number of hydrogen-bond acceptors (Lipinski definition) is 4. The van der Waals surface area contributed by atoms with Crippen LogP contribution in [-0.4, -0.2) is 12.9 Å². The summed E-state index contributed by atoms with van der Waals surface area (Å²) < 4.78 is 9.01. The smallest absolute Gasteiger partial charge is 0.267 e. The van der Waals surface area contributed by atoms with Crippen LogP contribution in [0.3, 0.4) is 0 Å². The van der Waals surface area contributed by atoms with Crippen molar-refractivity contribution < 1.29 is 33.3 Å². The molecule has 1 aliphatic heterocycles. The number of para-hydroxylation sites is 1. The molecular formula is C25H22IN3OS. The molecule has 2 heterocycles. The molecule has 0 aliphatic carbocycles. The van der Waals surface area contributed by atoms with Gasteiger partial charge in [-0.2, -0.15) is 4.57 Å². The van der Waals surface area contributed by atoms with Crippen molar-refractivity contribution in [1.29, 1.82) is 0 Å². The van der Waals surface area contributed by atoms with Crippen LogP contribution < -0.4 is 38.6 Å². The minimum Gasteiger partial charge on any atom is -1.00 e. The van der Waals surface area contributed by atoms with Gasteiger partial charge in [-0.1, -0.05) is 53.8 Å². The van der Waals surface area contributed by atoms with Gasteiger partial charge >= 0.3 is 0 Å². The van der Waals surface area contributed by atoms with Gasteiger partial charge in [0.1, 0.15) is 23.3 Å². The number of nitrogens with zero attached hydrogens (tertiary/aromatic N) is 2. The summed E-state index contributed by atoms with van der Waals surface area (Å²) in [6.45, 7) is 2.15. The third kappa shape index (κ3) is 3.85. The first-order valence-corrected chi connectivity index (χ1v) is 10.7. The number of rotatable bonds is 3. The van der Waals surface area contributed by atoms with Crippen LogP contribution in [0.25, 0.3) is 21.5 Å². The number of methoxy groups -OCH3 is 1. The molecule has 0 radical (unpaired) electrons. The predicted octanol–water partition coefficient (Wildman–Crippen LogP) is 2.50. The van der Waals surface area contributed by atoms with Gasteiger partial charge in [0.15, 0.2) is 0 Å². The van der Waals surface area contributed by atoms with Crippen LogP contribution in [0.4, 0.5) is 5.69 Å². The number of nitrogens with one attached hydrogen (secondary N) is 1. The Morgan fingerprint density at radius 2 is 1.74 bits per heavy atom. The van der Waals surface area contributed by atoms with Crippen molar-refractivity contribution in [2.75, 3.05) is 12.4 Å². The number of aromatic nitrogens is 1. The molecule has 0 spiro atoms. The predicted molar refractivity (Wildman–Crippen MR) is 125 cm³/mol. The molecule has 3 aromatic carbocycles. The van der Waals surface area contributed by atoms with Crippen LogP contribution in [0.15, 0.2) is 77.8 Å². The number of ether oxygens (including phenoxy) is 1. The zero-order valence-corrected chi connectivity index (χ0v) is 20.5. The average Bonchev–Trinajstić information content (AvgIpc) is 3.14. The Hall–Kier alpha value is -2.71. The Bertz CT molecular complexity index is 1330. The lowest BCUT2D eigenvalue weighted by molar-refractivity contribution is -0.642. The number of benzene rings is 3. The summed E-state index contributed by atoms with van der Waals surface area (Å²) in [4.78, 5) is 5.08. The van der Waals surface area contributed by atoms with Crippen LogP contribution in [-0.2, 0) is 7.05 Å². The highest BCUT2D eigenvalue weighted by molar-refractivity contribution is 7.19. The average molecular weight is 539 g/mol. The molecule has 4 aromatic rings. The van der Waals surface area contributed by atoms with Crippen LogP contribution in [0.5, 0.6) is 5.75 Å². The quantitative estimate of drug-likeness (QED) is 0.321. The third-order valence-corrected chi connectivity index (χ3v) is 6.76. The normalized spacial score (nSPS) is 14.2. The fraction of sp³-hybridized carbons (Fsp3) is 0.120. The van der Waals surface area contributed by atoms with Crippen molar-refractivity contribution in [1.82, 2.24) is 0 Å². The molecule has 0 saturated carbocycles. The van der Waals surface area contributed by atoms with E-state index in [1.165, 1.54) is 15.2 Å². The topological polar surface area (TPSA) is 37.5 Å². The first kappa shape index (κ1) is 21.5. The van der Waals surface area contributed by atoms with Gasteiger partial charge in [-0.3, -0.25) is 0 Å². The molecule has 1 aliphatic rings. The van der Waals surface area contributed by atoms with Gasteiger partial charge in [-0.05, 0) is 31.2 Å². The SMILES string of the molecule is COc1ccc2c(c1)C(=C(C)c1sc3ccccc3[n+]1C)N=C(c1ccccc1)N2.[I-]. The highest BCUT2D eigenvalue weighted by Crippen LogP contribution is 2.38. The molecule has 0 fully saturated rings. The zero-order valence-electron chi connectivity index (χ0n) is 17.5. The maximum atomic E-state index is 5.50. The molecule has 0 unspecified atom stereocenters. The van der Waals surface area contributed by atoms with E-state index >= 15 is 0 Å². The standard InChI is InChI=1S/C25H21N3OS.HI/c1-16(25-28(2)21-11-7-8-12-22(21)30-25)23-19-15-18(29-3)13-14-20(19)26-24(27-23)17-9-5-4-6-10-17;/h4-15H,1-3H3;1H. The van der Waals surface area contributed by atoms with Gasteiger partial charge in [-0.15, -0.1) is 0 Å². The number of thiazole rings is 1. The Morgan fingerprint density at radius 3 is 2.48 bits per heavy atom. The second kappa shape index (κ2) is 8.80. The van der Waals surface area contributed by atoms with E-state index in [4.69, 9.17) is 9.73 Å². The first-order chi connectivity index (χ1) is 14.7. The summed E-state index contributed by atoms with van der Waals surface area (Å²) in [5.74, 6) is 1.67. The summed E-state index contributed by atoms with van der Waals surface area (Å²) in [5.41, 5.74) is 6.47. The summed E-state index contributed by atoms with van der Waals surface area (Å²) in [7, 11) is 3.81. The van der Waals surface area contributed by atoms with Gasteiger partial charge < -0.3 is 34.0 Å². The maximum absolute atomic E-state index is 5.50. The molecule has 156 valence electrons. The molecule has 0 atom stereocenters. The van der Waals surface area contributed by atoms with E-state index < -0.39 is 0 Å². The van der Waals surface area contributed by atoms with E-state index in [2.05, 4.69) is 72.4 Å². The Balaban J connectivity index is 0.00000231. The highest BCUT2D eigenvalue weighted by Gasteiger charge is 2.25. The maximum Gasteiger partial charge on any atom is 0.267 e. The molecule has 6 heteroatoms. The third-order valence-electron chi connectivity index (χ3n) is 5.42. The number of aliphatic imine (C=N–C) groups is 1. The molecule has 31 heavy (non-hydrogen) atoms. The van der Waals surface area contributed by atoms with Crippen molar-refractivity contribution in [3.05, 3.63) is 88.9 Å². The van der Waals surface area contributed by atoms with Gasteiger partial charge in [-0.25, -0.2) is 4.99 Å². The van der Waals surface area contributed by atoms with E-state index in [1.807, 2.05) is 24.3 Å². The van der Waals surface area contributed by atoms with Crippen LogP contribution in [0, 0.1) is 0 Å². The van der Waals surface area contributed by atoms with Crippen molar-refractivity contribution in [2.45, 2.75) is 6.92 Å². The van der Waals surface area contributed by atoms with Gasteiger partial charge in [0.05, 0.1) is 18.4 Å². The largest absolute Gasteiger partial charge is 1.00 e. The summed E-state index contributed by atoms with van der Waals surface area (Å²) in [5, 5.41) is 4.69. The van der Waals surface area contributed by atoms with E-state index in [0.29, 0.717) is 0 Å². The van der Waals surface area contributed by atoms with E-state index in [1.54, 1.807) is 18.4 Å². The molecule has 0 bridgehead atoms. The fourth-order valence-electron chi connectivity index (χ4n) is 3.83.